The molecule has 0 bridgehead atoms. The van der Waals surface area contributed by atoms with Gasteiger partial charge in [0.15, 0.2) is 4.90 Å². The van der Waals surface area contributed by atoms with E-state index in [1.165, 1.54) is 17.8 Å². The van der Waals surface area contributed by atoms with Gasteiger partial charge in [0.05, 0.1) is 4.92 Å². The number of benzene rings is 1. The Labute approximate surface area is 122 Å². The number of nitrogens with one attached hydrogen (secondary N) is 1. The zero-order valence-corrected chi connectivity index (χ0v) is 12.4. The predicted octanol–water partition coefficient (Wildman–Crippen LogP) is 1.29. The van der Waals surface area contributed by atoms with E-state index in [9.17, 15) is 18.5 Å². The summed E-state index contributed by atoms with van der Waals surface area (Å²) in [6.45, 7) is 0. The summed E-state index contributed by atoms with van der Waals surface area (Å²) < 4.78 is 28.2. The second-order valence-electron chi connectivity index (χ2n) is 3.68. The third kappa shape index (κ3) is 2.77. The molecule has 11 heteroatoms. The molecule has 2 rings (SSSR count). The van der Waals surface area contributed by atoms with Gasteiger partial charge in [-0.3, -0.25) is 10.1 Å². The van der Waals surface area contributed by atoms with Crippen molar-refractivity contribution in [2.45, 2.75) is 4.90 Å². The summed E-state index contributed by atoms with van der Waals surface area (Å²) in [5.74, 6) is -0.0423. The zero-order valence-electron chi connectivity index (χ0n) is 10.0. The van der Waals surface area contributed by atoms with Gasteiger partial charge in [0, 0.05) is 17.6 Å². The van der Waals surface area contributed by atoms with E-state index < -0.39 is 25.5 Å². The van der Waals surface area contributed by atoms with E-state index in [4.69, 9.17) is 0 Å². The van der Waals surface area contributed by atoms with E-state index in [2.05, 4.69) is 30.7 Å². The molecule has 1 aromatic heterocycles. The molecular formula is C9H8BrN5O4S. The Morgan fingerprint density at radius 3 is 2.70 bits per heavy atom. The lowest BCUT2D eigenvalue weighted by atomic mass is 10.3. The number of aryl methyl sites for hydroxylation is 1. The zero-order chi connectivity index (χ0) is 14.9. The third-order valence-corrected chi connectivity index (χ3v) is 4.20. The van der Waals surface area contributed by atoms with Gasteiger partial charge in [-0.1, -0.05) is 15.9 Å². The van der Waals surface area contributed by atoms with Crippen molar-refractivity contribution in [2.75, 3.05) is 4.72 Å². The number of nitro groups is 1. The second-order valence-corrected chi connectivity index (χ2v) is 6.25. The lowest BCUT2D eigenvalue weighted by Crippen LogP contribution is -2.17. The second kappa shape index (κ2) is 5.17. The van der Waals surface area contributed by atoms with E-state index in [-0.39, 0.29) is 5.95 Å². The highest BCUT2D eigenvalue weighted by atomic mass is 79.9. The van der Waals surface area contributed by atoms with E-state index >= 15 is 0 Å². The van der Waals surface area contributed by atoms with Crippen LogP contribution in [0.1, 0.15) is 0 Å². The number of nitro benzene ring substituents is 1. The molecule has 0 spiro atoms. The van der Waals surface area contributed by atoms with Crippen LogP contribution in [0.15, 0.2) is 33.9 Å². The van der Waals surface area contributed by atoms with Crippen molar-refractivity contribution in [1.82, 2.24) is 14.8 Å². The molecule has 9 nitrogen and oxygen atoms in total. The number of aromatic nitrogens is 3. The van der Waals surface area contributed by atoms with Crippen LogP contribution in [-0.2, 0) is 17.1 Å². The van der Waals surface area contributed by atoms with Gasteiger partial charge >= 0.3 is 0 Å². The first-order valence-corrected chi connectivity index (χ1v) is 7.39. The maximum Gasteiger partial charge on any atom is 0.289 e. The summed E-state index contributed by atoms with van der Waals surface area (Å²) in [5, 5.41) is 14.6. The lowest BCUT2D eigenvalue weighted by Gasteiger charge is -2.07. The number of sulfonamides is 1. The maximum atomic E-state index is 12.2. The van der Waals surface area contributed by atoms with Gasteiger partial charge in [0.2, 0.25) is 5.95 Å². The Kier molecular flexibility index (Phi) is 3.72. The van der Waals surface area contributed by atoms with Gasteiger partial charge in [0.1, 0.15) is 6.33 Å². The highest BCUT2D eigenvalue weighted by molar-refractivity contribution is 9.10. The van der Waals surface area contributed by atoms with E-state index in [1.807, 2.05) is 0 Å². The topological polar surface area (TPSA) is 120 Å². The molecule has 0 aliphatic rings. The Morgan fingerprint density at radius 2 is 2.15 bits per heavy atom. The number of anilines is 1. The first-order valence-electron chi connectivity index (χ1n) is 5.12. The quantitative estimate of drug-likeness (QED) is 0.646. The Balaban J connectivity index is 2.52. The van der Waals surface area contributed by atoms with E-state index in [0.717, 1.165) is 18.5 Å². The van der Waals surface area contributed by atoms with Crippen molar-refractivity contribution in [1.29, 1.82) is 0 Å². The minimum Gasteiger partial charge on any atom is -0.258 e. The highest BCUT2D eigenvalue weighted by Crippen LogP contribution is 2.28. The fraction of sp³-hybridized carbons (Fsp3) is 0.111. The van der Waals surface area contributed by atoms with Crippen LogP contribution in [0.5, 0.6) is 0 Å². The summed E-state index contributed by atoms with van der Waals surface area (Å²) in [4.78, 5) is 13.4. The number of hydrogen-bond donors (Lipinski definition) is 1. The van der Waals surface area contributed by atoms with Crippen LogP contribution in [0, 0.1) is 10.1 Å². The lowest BCUT2D eigenvalue weighted by molar-refractivity contribution is -0.387. The average Bonchev–Trinajstić information content (AvgIpc) is 2.74. The number of rotatable bonds is 4. The molecule has 0 fully saturated rings. The largest absolute Gasteiger partial charge is 0.289 e. The maximum absolute atomic E-state index is 12.2. The number of nitrogens with zero attached hydrogens (tertiary/aromatic N) is 4. The van der Waals surface area contributed by atoms with Crippen LogP contribution in [-0.4, -0.2) is 28.1 Å². The predicted molar refractivity (Wildman–Crippen MR) is 72.6 cm³/mol. The van der Waals surface area contributed by atoms with Gasteiger partial charge in [-0.2, -0.15) is 10.1 Å². The van der Waals surface area contributed by atoms with Crippen molar-refractivity contribution in [2.24, 2.45) is 7.05 Å². The molecule has 106 valence electrons. The van der Waals surface area contributed by atoms with Crippen molar-refractivity contribution in [3.63, 3.8) is 0 Å². The Bertz CT molecular complexity index is 772. The standard InChI is InChI=1S/C9H8BrN5O4S/c1-14-9(11-5-12-14)13-20(18,19)8-4-6(10)2-3-7(8)15(16)17/h2-5H,1H3,(H,11,12,13). The molecule has 0 amide bonds. The SMILES string of the molecule is Cn1ncnc1NS(=O)(=O)c1cc(Br)ccc1[N+](=O)[O-]. The molecule has 20 heavy (non-hydrogen) atoms. The molecule has 0 radical (unpaired) electrons. The van der Waals surface area contributed by atoms with Gasteiger partial charge in [-0.15, -0.1) is 0 Å². The molecule has 2 aromatic rings. The van der Waals surface area contributed by atoms with Gasteiger partial charge < -0.3 is 0 Å². The molecule has 0 saturated carbocycles. The fourth-order valence-electron chi connectivity index (χ4n) is 1.42. The molecule has 1 aromatic carbocycles. The summed E-state index contributed by atoms with van der Waals surface area (Å²) >= 11 is 3.08. The molecule has 0 aliphatic carbocycles. The molecule has 0 saturated heterocycles. The Hall–Kier alpha value is -2.01. The van der Waals surface area contributed by atoms with Crippen LogP contribution < -0.4 is 4.72 Å². The monoisotopic (exact) mass is 361 g/mol. The van der Waals surface area contributed by atoms with Crippen molar-refractivity contribution < 1.29 is 13.3 Å². The van der Waals surface area contributed by atoms with Gasteiger partial charge in [-0.25, -0.2) is 17.8 Å². The van der Waals surface area contributed by atoms with Crippen molar-refractivity contribution in [3.8, 4) is 0 Å². The van der Waals surface area contributed by atoms with Crippen LogP contribution >= 0.6 is 15.9 Å². The van der Waals surface area contributed by atoms with Crippen molar-refractivity contribution in [3.05, 3.63) is 39.1 Å². The fourth-order valence-corrected chi connectivity index (χ4v) is 3.17. The molecule has 0 aliphatic heterocycles. The number of halogens is 1. The third-order valence-electron chi connectivity index (χ3n) is 2.35. The van der Waals surface area contributed by atoms with Gasteiger partial charge in [-0.05, 0) is 12.1 Å². The molecule has 0 atom stereocenters. The average molecular weight is 362 g/mol. The summed E-state index contributed by atoms with van der Waals surface area (Å²) in [6, 6.07) is 3.64. The molecule has 1 N–H and O–H groups in total. The van der Waals surface area contributed by atoms with Crippen LogP contribution in [0.3, 0.4) is 0 Å². The van der Waals surface area contributed by atoms with Crippen LogP contribution in [0.2, 0.25) is 0 Å². The summed E-state index contributed by atoms with van der Waals surface area (Å²) in [7, 11) is -2.66. The van der Waals surface area contributed by atoms with E-state index in [0.29, 0.717) is 4.47 Å². The minimum atomic E-state index is -4.15. The normalized spacial score (nSPS) is 11.3. The van der Waals surface area contributed by atoms with Crippen LogP contribution in [0.4, 0.5) is 11.6 Å². The summed E-state index contributed by atoms with van der Waals surface area (Å²) in [6.07, 6.45) is 1.16. The smallest absolute Gasteiger partial charge is 0.258 e. The first-order chi connectivity index (χ1) is 9.31. The molecule has 0 unspecified atom stereocenters. The van der Waals surface area contributed by atoms with Crippen molar-refractivity contribution >= 4 is 37.6 Å². The highest BCUT2D eigenvalue weighted by Gasteiger charge is 2.27. The number of hydrogen-bond acceptors (Lipinski definition) is 6. The minimum absolute atomic E-state index is 0.0423. The molecular weight excluding hydrogens is 354 g/mol. The summed E-state index contributed by atoms with van der Waals surface area (Å²) in [5.41, 5.74) is -0.525. The Morgan fingerprint density at radius 1 is 1.45 bits per heavy atom. The first kappa shape index (κ1) is 14.4. The van der Waals surface area contributed by atoms with Crippen LogP contribution in [0.25, 0.3) is 0 Å². The van der Waals surface area contributed by atoms with E-state index in [1.54, 1.807) is 0 Å². The van der Waals surface area contributed by atoms with Gasteiger partial charge in [0.25, 0.3) is 15.7 Å². The molecule has 1 heterocycles.